The van der Waals surface area contributed by atoms with Crippen LogP contribution in [0.2, 0.25) is 0 Å². The Morgan fingerprint density at radius 2 is 1.17 bits per heavy atom. The van der Waals surface area contributed by atoms with Crippen LogP contribution in [0.15, 0.2) is 84.9 Å². The van der Waals surface area contributed by atoms with Gasteiger partial charge in [-0.2, -0.15) is 0 Å². The number of hydrogen-bond acceptors (Lipinski definition) is 4. The van der Waals surface area contributed by atoms with Gasteiger partial charge in [0.05, 0.1) is 19.8 Å². The lowest BCUT2D eigenvalue weighted by atomic mass is 9.85. The molecule has 0 heterocycles. The Balaban J connectivity index is 1.90. The van der Waals surface area contributed by atoms with Gasteiger partial charge in [0.1, 0.15) is 5.41 Å². The number of hydrogen-bond donors (Lipinski definition) is 0. The Labute approximate surface area is 169 Å². The van der Waals surface area contributed by atoms with Crippen LogP contribution in [-0.2, 0) is 19.7 Å². The lowest BCUT2D eigenvalue weighted by Gasteiger charge is -2.19. The van der Waals surface area contributed by atoms with Gasteiger partial charge in [-0.25, -0.2) is 4.79 Å². The highest BCUT2D eigenvalue weighted by atomic mass is 16.5. The molecular formula is C25H20O4. The third kappa shape index (κ3) is 2.93. The number of rotatable bonds is 5. The predicted octanol–water partition coefficient (Wildman–Crippen LogP) is 4.51. The van der Waals surface area contributed by atoms with Crippen LogP contribution in [0, 0.1) is 0 Å². The summed E-state index contributed by atoms with van der Waals surface area (Å²) in [5.41, 5.74) is 3.99. The zero-order chi connectivity index (χ0) is 20.4. The largest absolute Gasteiger partial charge is 0.468 e. The van der Waals surface area contributed by atoms with E-state index in [9.17, 15) is 9.59 Å². The van der Waals surface area contributed by atoms with Crippen molar-refractivity contribution in [2.75, 3.05) is 14.2 Å². The van der Waals surface area contributed by atoms with Crippen molar-refractivity contribution in [3.05, 3.63) is 107 Å². The van der Waals surface area contributed by atoms with E-state index in [-0.39, 0.29) is 5.97 Å². The van der Waals surface area contributed by atoms with Gasteiger partial charge in [-0.05, 0) is 40.0 Å². The maximum atomic E-state index is 13.1. The van der Waals surface area contributed by atoms with E-state index >= 15 is 0 Å². The van der Waals surface area contributed by atoms with Gasteiger partial charge in [0.15, 0.2) is 0 Å². The van der Waals surface area contributed by atoms with Crippen LogP contribution in [0.5, 0.6) is 0 Å². The summed E-state index contributed by atoms with van der Waals surface area (Å²) in [7, 11) is 2.76. The quantitative estimate of drug-likeness (QED) is 0.608. The van der Waals surface area contributed by atoms with E-state index in [0.717, 1.165) is 27.8 Å². The molecule has 1 unspecified atom stereocenters. The maximum Gasteiger partial charge on any atom is 0.337 e. The highest BCUT2D eigenvalue weighted by Crippen LogP contribution is 2.65. The van der Waals surface area contributed by atoms with Gasteiger partial charge in [0.25, 0.3) is 0 Å². The van der Waals surface area contributed by atoms with Crippen molar-refractivity contribution in [3.63, 3.8) is 0 Å². The maximum absolute atomic E-state index is 13.1. The lowest BCUT2D eigenvalue weighted by molar-refractivity contribution is -0.142. The number of esters is 2. The molecule has 29 heavy (non-hydrogen) atoms. The minimum atomic E-state index is -0.968. The van der Waals surface area contributed by atoms with Crippen molar-refractivity contribution >= 4 is 23.1 Å². The molecule has 4 heteroatoms. The monoisotopic (exact) mass is 384 g/mol. The van der Waals surface area contributed by atoms with Gasteiger partial charge in [-0.1, -0.05) is 72.8 Å². The van der Waals surface area contributed by atoms with Crippen LogP contribution in [0.4, 0.5) is 0 Å². The summed E-state index contributed by atoms with van der Waals surface area (Å²) in [6.45, 7) is 0. The zero-order valence-corrected chi connectivity index (χ0v) is 16.2. The van der Waals surface area contributed by atoms with Crippen LogP contribution >= 0.6 is 0 Å². The summed E-state index contributed by atoms with van der Waals surface area (Å²) in [5.74, 6) is -0.721. The molecule has 0 N–H and O–H groups in total. The molecular weight excluding hydrogens is 364 g/mol. The summed E-state index contributed by atoms with van der Waals surface area (Å²) < 4.78 is 10.0. The Kier molecular flexibility index (Phi) is 4.77. The fourth-order valence-electron chi connectivity index (χ4n) is 3.95. The molecule has 0 spiro atoms. The molecule has 144 valence electrons. The summed E-state index contributed by atoms with van der Waals surface area (Å²) in [4.78, 5) is 24.9. The van der Waals surface area contributed by atoms with Gasteiger partial charge in [-0.15, -0.1) is 0 Å². The first kappa shape index (κ1) is 18.7. The minimum Gasteiger partial charge on any atom is -0.468 e. The second-order valence-corrected chi connectivity index (χ2v) is 6.79. The molecule has 1 aliphatic carbocycles. The van der Waals surface area contributed by atoms with Crippen molar-refractivity contribution < 1.29 is 19.1 Å². The number of carbonyl (C=O) groups is 2. The number of benzene rings is 3. The number of carbonyl (C=O) groups excluding carboxylic acids is 2. The minimum absolute atomic E-state index is 0.324. The molecule has 0 aromatic heterocycles. The molecule has 1 aliphatic rings. The Morgan fingerprint density at radius 3 is 1.69 bits per heavy atom. The highest BCUT2D eigenvalue weighted by molar-refractivity contribution is 6.32. The summed E-state index contributed by atoms with van der Waals surface area (Å²) >= 11 is 0. The first-order valence-electron chi connectivity index (χ1n) is 9.28. The smallest absolute Gasteiger partial charge is 0.337 e. The van der Waals surface area contributed by atoms with Crippen LogP contribution in [0.1, 0.15) is 27.0 Å². The van der Waals surface area contributed by atoms with E-state index in [4.69, 9.17) is 9.47 Å². The van der Waals surface area contributed by atoms with E-state index in [0.29, 0.717) is 5.56 Å². The summed E-state index contributed by atoms with van der Waals surface area (Å²) in [6.07, 6.45) is 0. The number of methoxy groups -OCH3 is 2. The third-order valence-electron chi connectivity index (χ3n) is 5.29. The Bertz CT molecular complexity index is 1080. The van der Waals surface area contributed by atoms with E-state index in [1.54, 1.807) is 12.1 Å². The van der Waals surface area contributed by atoms with Crippen LogP contribution in [-0.4, -0.2) is 26.2 Å². The SMILES string of the molecule is COC(=O)c1ccc(C2=C(c3ccccc3)C2(C(=O)OC)c2ccccc2)cc1. The van der Waals surface area contributed by atoms with Gasteiger partial charge in [0.2, 0.25) is 0 Å². The number of ether oxygens (including phenoxy) is 2. The molecule has 1 atom stereocenters. The molecule has 0 bridgehead atoms. The van der Waals surface area contributed by atoms with Crippen molar-refractivity contribution in [2.24, 2.45) is 0 Å². The van der Waals surface area contributed by atoms with E-state index in [2.05, 4.69) is 0 Å². The predicted molar refractivity (Wildman–Crippen MR) is 111 cm³/mol. The highest BCUT2D eigenvalue weighted by Gasteiger charge is 2.62. The van der Waals surface area contributed by atoms with Crippen LogP contribution < -0.4 is 0 Å². The average Bonchev–Trinajstić information content (AvgIpc) is 3.50. The standard InChI is InChI=1S/C25H20O4/c1-28-23(26)19-15-13-18(14-16-19)22-21(17-9-5-3-6-10-17)25(22,24(27)29-2)20-11-7-4-8-12-20/h3-16H,1-2H3. The molecule has 4 rings (SSSR count). The van der Waals surface area contributed by atoms with Crippen molar-refractivity contribution in [3.8, 4) is 0 Å². The molecule has 0 saturated carbocycles. The van der Waals surface area contributed by atoms with Gasteiger partial charge < -0.3 is 9.47 Å². The molecule has 3 aromatic carbocycles. The first-order valence-corrected chi connectivity index (χ1v) is 9.28. The Morgan fingerprint density at radius 1 is 0.655 bits per heavy atom. The normalized spacial score (nSPS) is 17.6. The summed E-state index contributed by atoms with van der Waals surface area (Å²) in [5, 5.41) is 0. The molecule has 0 aliphatic heterocycles. The Hall–Kier alpha value is -3.66. The average molecular weight is 384 g/mol. The zero-order valence-electron chi connectivity index (χ0n) is 16.2. The molecule has 0 fully saturated rings. The molecule has 3 aromatic rings. The van der Waals surface area contributed by atoms with E-state index in [1.165, 1.54) is 14.2 Å². The van der Waals surface area contributed by atoms with E-state index in [1.807, 2.05) is 72.8 Å². The molecule has 4 nitrogen and oxygen atoms in total. The molecule has 0 radical (unpaired) electrons. The van der Waals surface area contributed by atoms with Gasteiger partial charge in [0, 0.05) is 0 Å². The van der Waals surface area contributed by atoms with Crippen molar-refractivity contribution in [2.45, 2.75) is 5.41 Å². The second-order valence-electron chi connectivity index (χ2n) is 6.79. The lowest BCUT2D eigenvalue weighted by Crippen LogP contribution is -2.27. The van der Waals surface area contributed by atoms with Crippen LogP contribution in [0.25, 0.3) is 11.1 Å². The fourth-order valence-corrected chi connectivity index (χ4v) is 3.95. The van der Waals surface area contributed by atoms with Gasteiger partial charge >= 0.3 is 11.9 Å². The second kappa shape index (κ2) is 7.40. The van der Waals surface area contributed by atoms with Crippen LogP contribution in [0.3, 0.4) is 0 Å². The molecule has 0 amide bonds. The fraction of sp³-hybridized carbons (Fsp3) is 0.120. The van der Waals surface area contributed by atoms with Gasteiger partial charge in [-0.3, -0.25) is 4.79 Å². The molecule has 0 saturated heterocycles. The van der Waals surface area contributed by atoms with E-state index < -0.39 is 11.4 Å². The van der Waals surface area contributed by atoms with Crippen molar-refractivity contribution in [1.82, 2.24) is 0 Å². The topological polar surface area (TPSA) is 52.6 Å². The first-order chi connectivity index (χ1) is 14.1. The third-order valence-corrected chi connectivity index (χ3v) is 5.29. The van der Waals surface area contributed by atoms with Crippen molar-refractivity contribution in [1.29, 1.82) is 0 Å². The summed E-state index contributed by atoms with van der Waals surface area (Å²) in [6, 6.07) is 26.6.